The Hall–Kier alpha value is -2.93. The maximum Gasteiger partial charge on any atom is 0.220 e. The highest BCUT2D eigenvalue weighted by Crippen LogP contribution is 2.39. The molecule has 1 heterocycles. The van der Waals surface area contributed by atoms with Gasteiger partial charge in [-0.1, -0.05) is 44.2 Å². The van der Waals surface area contributed by atoms with E-state index in [9.17, 15) is 5.11 Å². The molecule has 140 valence electrons. The molecule has 7 heteroatoms. The number of aromatic nitrogens is 1. The van der Waals surface area contributed by atoms with E-state index in [2.05, 4.69) is 29.4 Å². The summed E-state index contributed by atoms with van der Waals surface area (Å²) in [6.45, 7) is 4.88. The summed E-state index contributed by atoms with van der Waals surface area (Å²) in [7, 11) is 1.59. The minimum Gasteiger partial charge on any atom is -0.495 e. The summed E-state index contributed by atoms with van der Waals surface area (Å²) in [6.07, 6.45) is 0. The van der Waals surface area contributed by atoms with Gasteiger partial charge < -0.3 is 19.7 Å². The Morgan fingerprint density at radius 3 is 2.63 bits per heavy atom. The van der Waals surface area contributed by atoms with Crippen molar-refractivity contribution in [2.24, 2.45) is 16.1 Å². The zero-order chi connectivity index (χ0) is 19.4. The molecule has 3 aromatic rings. The van der Waals surface area contributed by atoms with Gasteiger partial charge in [0.1, 0.15) is 5.75 Å². The highest BCUT2D eigenvalue weighted by atomic mass is 32.1. The third-order valence-electron chi connectivity index (χ3n) is 4.05. The van der Waals surface area contributed by atoms with Crippen LogP contribution >= 0.6 is 12.2 Å². The second kappa shape index (κ2) is 8.18. The molecule has 0 spiro atoms. The third kappa shape index (κ3) is 4.09. The minimum atomic E-state index is 0.0914. The lowest BCUT2D eigenvalue weighted by molar-refractivity contribution is 0.401. The van der Waals surface area contributed by atoms with Crippen LogP contribution in [0.5, 0.6) is 11.6 Å². The number of rotatable bonds is 5. The van der Waals surface area contributed by atoms with Crippen LogP contribution < -0.4 is 10.1 Å². The van der Waals surface area contributed by atoms with E-state index in [4.69, 9.17) is 17.0 Å². The van der Waals surface area contributed by atoms with E-state index in [-0.39, 0.29) is 11.0 Å². The van der Waals surface area contributed by atoms with Gasteiger partial charge in [0, 0.05) is 11.9 Å². The number of nitrogens with zero attached hydrogens (tertiary/aromatic N) is 3. The van der Waals surface area contributed by atoms with Gasteiger partial charge in [0.25, 0.3) is 0 Å². The number of methoxy groups -OCH3 is 1. The van der Waals surface area contributed by atoms with Crippen molar-refractivity contribution >= 4 is 39.6 Å². The highest BCUT2D eigenvalue weighted by molar-refractivity contribution is 7.80. The molecule has 0 amide bonds. The average molecular weight is 382 g/mol. The molecule has 0 atom stereocenters. The van der Waals surface area contributed by atoms with E-state index in [1.165, 1.54) is 0 Å². The van der Waals surface area contributed by atoms with Gasteiger partial charge in [0.05, 0.1) is 18.3 Å². The Morgan fingerprint density at radius 2 is 1.89 bits per heavy atom. The molecular weight excluding hydrogens is 360 g/mol. The molecule has 0 unspecified atom stereocenters. The number of azo groups is 1. The SMILES string of the molecule is COc1ccccc1NC(=S)N=Nc1c(O)n(CC(C)C)c2ccccc12. The van der Waals surface area contributed by atoms with Crippen LogP contribution in [0.4, 0.5) is 11.4 Å². The Kier molecular flexibility index (Phi) is 5.71. The first-order valence-corrected chi connectivity index (χ1v) is 9.08. The average Bonchev–Trinajstić information content (AvgIpc) is 2.92. The van der Waals surface area contributed by atoms with Gasteiger partial charge >= 0.3 is 0 Å². The molecule has 0 saturated heterocycles. The molecule has 2 aromatic carbocycles. The number of ether oxygens (including phenoxy) is 1. The van der Waals surface area contributed by atoms with Crippen molar-refractivity contribution in [1.82, 2.24) is 4.57 Å². The molecule has 0 radical (unpaired) electrons. The first kappa shape index (κ1) is 18.8. The first-order valence-electron chi connectivity index (χ1n) is 8.67. The van der Waals surface area contributed by atoms with Gasteiger partial charge in [-0.15, -0.1) is 10.2 Å². The van der Waals surface area contributed by atoms with E-state index in [0.29, 0.717) is 29.6 Å². The second-order valence-electron chi connectivity index (χ2n) is 6.52. The number of thiocarbonyl (C=S) groups is 1. The topological polar surface area (TPSA) is 71.1 Å². The van der Waals surface area contributed by atoms with E-state index < -0.39 is 0 Å². The van der Waals surface area contributed by atoms with Crippen molar-refractivity contribution in [3.63, 3.8) is 0 Å². The number of fused-ring (bicyclic) bond motifs is 1. The number of hydrogen-bond donors (Lipinski definition) is 2. The van der Waals surface area contributed by atoms with E-state index in [1.54, 1.807) is 7.11 Å². The van der Waals surface area contributed by atoms with Gasteiger partial charge in [-0.05, 0) is 36.3 Å². The van der Waals surface area contributed by atoms with E-state index in [0.717, 1.165) is 10.9 Å². The summed E-state index contributed by atoms with van der Waals surface area (Å²) in [5.41, 5.74) is 2.03. The number of aromatic hydroxyl groups is 1. The van der Waals surface area contributed by atoms with Crippen LogP contribution in [0.15, 0.2) is 58.8 Å². The summed E-state index contributed by atoms with van der Waals surface area (Å²) in [6, 6.07) is 15.1. The molecule has 0 bridgehead atoms. The predicted octanol–water partition coefficient (Wildman–Crippen LogP) is 5.49. The molecule has 3 rings (SSSR count). The van der Waals surface area contributed by atoms with Gasteiger partial charge in [0.2, 0.25) is 11.0 Å². The normalized spacial score (nSPS) is 11.4. The lowest BCUT2D eigenvalue weighted by atomic mass is 10.2. The lowest BCUT2D eigenvalue weighted by Gasteiger charge is -2.09. The Morgan fingerprint density at radius 1 is 1.19 bits per heavy atom. The van der Waals surface area contributed by atoms with Crippen molar-refractivity contribution in [3.8, 4) is 11.6 Å². The number of para-hydroxylation sites is 3. The monoisotopic (exact) mass is 382 g/mol. The van der Waals surface area contributed by atoms with Crippen LogP contribution in [0.3, 0.4) is 0 Å². The Balaban J connectivity index is 1.90. The van der Waals surface area contributed by atoms with E-state index >= 15 is 0 Å². The van der Waals surface area contributed by atoms with Crippen LogP contribution in [0.2, 0.25) is 0 Å². The number of hydrogen-bond acceptors (Lipinski definition) is 4. The summed E-state index contributed by atoms with van der Waals surface area (Å²) in [5.74, 6) is 1.13. The molecular formula is C20H22N4O2S. The highest BCUT2D eigenvalue weighted by Gasteiger charge is 2.17. The summed E-state index contributed by atoms with van der Waals surface area (Å²) in [4.78, 5) is 0. The molecule has 0 aliphatic carbocycles. The molecule has 27 heavy (non-hydrogen) atoms. The second-order valence-corrected chi connectivity index (χ2v) is 6.91. The lowest BCUT2D eigenvalue weighted by Crippen LogP contribution is -2.06. The first-order chi connectivity index (χ1) is 13.0. The molecule has 0 aliphatic rings. The molecule has 2 N–H and O–H groups in total. The maximum absolute atomic E-state index is 10.7. The Labute approximate surface area is 163 Å². The van der Waals surface area contributed by atoms with Crippen molar-refractivity contribution in [2.75, 3.05) is 12.4 Å². The van der Waals surface area contributed by atoms with Crippen LogP contribution in [0.25, 0.3) is 10.9 Å². The van der Waals surface area contributed by atoms with Crippen molar-refractivity contribution < 1.29 is 9.84 Å². The fraction of sp³-hybridized carbons (Fsp3) is 0.250. The predicted molar refractivity (Wildman–Crippen MR) is 112 cm³/mol. The number of benzene rings is 2. The standard InChI is InChI=1S/C20H22N4O2S/c1-13(2)12-24-16-10-6-4-8-14(16)18(19(24)25)22-23-20(27)21-15-9-5-7-11-17(15)26-3/h4-11,13,25H,12H2,1-3H3,(H,21,27). The van der Waals surface area contributed by atoms with E-state index in [1.807, 2.05) is 53.1 Å². The van der Waals surface area contributed by atoms with Crippen molar-refractivity contribution in [2.45, 2.75) is 20.4 Å². The van der Waals surface area contributed by atoms with Gasteiger partial charge in [-0.3, -0.25) is 0 Å². The molecule has 0 fully saturated rings. The van der Waals surface area contributed by atoms with Crippen LogP contribution in [-0.2, 0) is 6.54 Å². The van der Waals surface area contributed by atoms with Crippen LogP contribution in [0, 0.1) is 5.92 Å². The molecule has 6 nitrogen and oxygen atoms in total. The molecule has 1 aromatic heterocycles. The fourth-order valence-electron chi connectivity index (χ4n) is 2.90. The van der Waals surface area contributed by atoms with Gasteiger partial charge in [-0.2, -0.15) is 0 Å². The fourth-order valence-corrected chi connectivity index (χ4v) is 3.05. The zero-order valence-electron chi connectivity index (χ0n) is 15.5. The number of anilines is 1. The van der Waals surface area contributed by atoms with Crippen LogP contribution in [0.1, 0.15) is 13.8 Å². The third-order valence-corrected chi connectivity index (χ3v) is 4.24. The number of nitrogens with one attached hydrogen (secondary N) is 1. The summed E-state index contributed by atoms with van der Waals surface area (Å²) < 4.78 is 7.14. The van der Waals surface area contributed by atoms with Gasteiger partial charge in [0.15, 0.2) is 5.69 Å². The zero-order valence-corrected chi connectivity index (χ0v) is 16.3. The summed E-state index contributed by atoms with van der Waals surface area (Å²) >= 11 is 5.27. The van der Waals surface area contributed by atoms with Crippen molar-refractivity contribution in [3.05, 3.63) is 48.5 Å². The maximum atomic E-state index is 10.7. The van der Waals surface area contributed by atoms with Crippen LogP contribution in [-0.4, -0.2) is 21.9 Å². The quantitative estimate of drug-likeness (QED) is 0.452. The van der Waals surface area contributed by atoms with Gasteiger partial charge in [-0.25, -0.2) is 0 Å². The van der Waals surface area contributed by atoms with Crippen molar-refractivity contribution in [1.29, 1.82) is 0 Å². The largest absolute Gasteiger partial charge is 0.495 e. The molecule has 0 saturated carbocycles. The Bertz CT molecular complexity index is 995. The minimum absolute atomic E-state index is 0.0914. The smallest absolute Gasteiger partial charge is 0.220 e. The summed E-state index contributed by atoms with van der Waals surface area (Å²) in [5, 5.41) is 23.0. The molecule has 0 aliphatic heterocycles.